The summed E-state index contributed by atoms with van der Waals surface area (Å²) >= 11 is 0. The molecule has 0 spiro atoms. The molecule has 0 saturated heterocycles. The predicted octanol–water partition coefficient (Wildman–Crippen LogP) is 3.09. The summed E-state index contributed by atoms with van der Waals surface area (Å²) < 4.78 is 11.3. The van der Waals surface area contributed by atoms with E-state index in [0.29, 0.717) is 12.0 Å². The van der Waals surface area contributed by atoms with Gasteiger partial charge in [-0.2, -0.15) is 0 Å². The molecule has 0 aliphatic carbocycles. The maximum atomic E-state index is 5.77. The Balaban J connectivity index is 3.22. The van der Waals surface area contributed by atoms with E-state index in [1.165, 1.54) is 0 Å². The van der Waals surface area contributed by atoms with Gasteiger partial charge >= 0.3 is 0 Å². The molecule has 0 aliphatic heterocycles. The highest BCUT2D eigenvalue weighted by atomic mass is 16.5. The first kappa shape index (κ1) is 17.9. The fourth-order valence-corrected chi connectivity index (χ4v) is 1.31. The Morgan fingerprint density at radius 2 is 1.67 bits per heavy atom. The van der Waals surface area contributed by atoms with Crippen LogP contribution in [0.4, 0.5) is 0 Å². The van der Waals surface area contributed by atoms with E-state index in [1.807, 2.05) is 0 Å². The van der Waals surface area contributed by atoms with Crippen molar-refractivity contribution in [2.24, 2.45) is 11.3 Å². The number of ether oxygens (including phenoxy) is 2. The van der Waals surface area contributed by atoms with Gasteiger partial charge in [0.2, 0.25) is 0 Å². The molecule has 0 heterocycles. The standard InChI is InChI=1S/C15H33NO2/c1-13(2)12-16-8-11-17-9-7-10-18-14(3)15(4,5)6/h13-14,16H,7-12H2,1-6H3/t14-/m1/s1. The number of rotatable bonds is 10. The topological polar surface area (TPSA) is 30.5 Å². The van der Waals surface area contributed by atoms with Gasteiger partial charge in [0.1, 0.15) is 0 Å². The van der Waals surface area contributed by atoms with Gasteiger partial charge in [0, 0.05) is 19.8 Å². The molecular weight excluding hydrogens is 226 g/mol. The van der Waals surface area contributed by atoms with E-state index in [4.69, 9.17) is 9.47 Å². The third-order valence-corrected chi connectivity index (χ3v) is 3.00. The SMILES string of the molecule is CC(C)CNCCOCCCO[C@H](C)C(C)(C)C. The minimum Gasteiger partial charge on any atom is -0.380 e. The van der Waals surface area contributed by atoms with Crippen molar-refractivity contribution in [2.45, 2.75) is 54.1 Å². The van der Waals surface area contributed by atoms with Crippen molar-refractivity contribution >= 4 is 0 Å². The van der Waals surface area contributed by atoms with Crippen LogP contribution in [0.1, 0.15) is 48.0 Å². The van der Waals surface area contributed by atoms with Gasteiger partial charge in [-0.05, 0) is 31.2 Å². The Morgan fingerprint density at radius 1 is 1.00 bits per heavy atom. The van der Waals surface area contributed by atoms with Crippen molar-refractivity contribution in [1.29, 1.82) is 0 Å². The van der Waals surface area contributed by atoms with Gasteiger partial charge in [0.15, 0.2) is 0 Å². The van der Waals surface area contributed by atoms with Crippen LogP contribution in [0.3, 0.4) is 0 Å². The molecule has 0 rings (SSSR count). The minimum atomic E-state index is 0.224. The highest BCUT2D eigenvalue weighted by Crippen LogP contribution is 2.21. The largest absolute Gasteiger partial charge is 0.380 e. The highest BCUT2D eigenvalue weighted by molar-refractivity contribution is 4.69. The fourth-order valence-electron chi connectivity index (χ4n) is 1.31. The Bertz CT molecular complexity index is 187. The molecule has 0 bridgehead atoms. The molecule has 0 saturated carbocycles. The zero-order chi connectivity index (χ0) is 14.0. The zero-order valence-corrected chi connectivity index (χ0v) is 13.2. The molecule has 0 aromatic carbocycles. The molecule has 1 atom stereocenters. The molecule has 0 unspecified atom stereocenters. The van der Waals surface area contributed by atoms with Crippen LogP contribution in [0.15, 0.2) is 0 Å². The summed E-state index contributed by atoms with van der Waals surface area (Å²) in [7, 11) is 0. The molecule has 0 aromatic heterocycles. The average molecular weight is 259 g/mol. The average Bonchev–Trinajstić information content (AvgIpc) is 2.24. The van der Waals surface area contributed by atoms with Crippen LogP contribution in [-0.2, 0) is 9.47 Å². The van der Waals surface area contributed by atoms with Crippen molar-refractivity contribution in [1.82, 2.24) is 5.32 Å². The lowest BCUT2D eigenvalue weighted by Crippen LogP contribution is -2.27. The quantitative estimate of drug-likeness (QED) is 0.612. The Labute approximate surface area is 114 Å². The van der Waals surface area contributed by atoms with Crippen molar-refractivity contribution in [2.75, 3.05) is 32.9 Å². The van der Waals surface area contributed by atoms with Crippen molar-refractivity contribution < 1.29 is 9.47 Å². The van der Waals surface area contributed by atoms with Crippen LogP contribution >= 0.6 is 0 Å². The van der Waals surface area contributed by atoms with Crippen molar-refractivity contribution in [3.63, 3.8) is 0 Å². The van der Waals surface area contributed by atoms with Crippen LogP contribution in [0.5, 0.6) is 0 Å². The van der Waals surface area contributed by atoms with E-state index < -0.39 is 0 Å². The van der Waals surface area contributed by atoms with Gasteiger partial charge in [0.05, 0.1) is 12.7 Å². The second kappa shape index (κ2) is 9.76. The molecule has 3 heteroatoms. The smallest absolute Gasteiger partial charge is 0.0595 e. The van der Waals surface area contributed by atoms with E-state index in [2.05, 4.69) is 46.9 Å². The Kier molecular flexibility index (Phi) is 9.70. The molecule has 110 valence electrons. The molecular formula is C15H33NO2. The van der Waals surface area contributed by atoms with Crippen LogP contribution in [0.2, 0.25) is 0 Å². The second-order valence-electron chi connectivity index (χ2n) is 6.44. The zero-order valence-electron chi connectivity index (χ0n) is 13.2. The maximum absolute atomic E-state index is 5.77. The lowest BCUT2D eigenvalue weighted by atomic mass is 9.90. The van der Waals surface area contributed by atoms with Crippen LogP contribution in [0, 0.1) is 11.3 Å². The first-order chi connectivity index (χ1) is 8.34. The molecule has 18 heavy (non-hydrogen) atoms. The molecule has 0 aliphatic rings. The Morgan fingerprint density at radius 3 is 2.22 bits per heavy atom. The van der Waals surface area contributed by atoms with Gasteiger partial charge in [-0.1, -0.05) is 34.6 Å². The molecule has 0 amide bonds. The van der Waals surface area contributed by atoms with E-state index in [9.17, 15) is 0 Å². The van der Waals surface area contributed by atoms with Gasteiger partial charge < -0.3 is 14.8 Å². The van der Waals surface area contributed by atoms with E-state index in [1.54, 1.807) is 0 Å². The van der Waals surface area contributed by atoms with Crippen molar-refractivity contribution in [3.05, 3.63) is 0 Å². The van der Waals surface area contributed by atoms with Crippen molar-refractivity contribution in [3.8, 4) is 0 Å². The second-order valence-corrected chi connectivity index (χ2v) is 6.44. The Hall–Kier alpha value is -0.120. The normalized spacial score (nSPS) is 14.2. The molecule has 0 radical (unpaired) electrons. The molecule has 0 fully saturated rings. The monoisotopic (exact) mass is 259 g/mol. The van der Waals surface area contributed by atoms with Crippen LogP contribution in [0.25, 0.3) is 0 Å². The van der Waals surface area contributed by atoms with Gasteiger partial charge in [-0.25, -0.2) is 0 Å². The first-order valence-electron chi connectivity index (χ1n) is 7.24. The predicted molar refractivity (Wildman–Crippen MR) is 78.0 cm³/mol. The summed E-state index contributed by atoms with van der Waals surface area (Å²) in [5, 5.41) is 3.36. The van der Waals surface area contributed by atoms with Crippen LogP contribution in [-0.4, -0.2) is 39.0 Å². The highest BCUT2D eigenvalue weighted by Gasteiger charge is 2.19. The molecule has 3 nitrogen and oxygen atoms in total. The summed E-state index contributed by atoms with van der Waals surface area (Å²) in [6.07, 6.45) is 1.27. The number of hydrogen-bond acceptors (Lipinski definition) is 3. The van der Waals surface area contributed by atoms with Gasteiger partial charge in [0.25, 0.3) is 0 Å². The third kappa shape index (κ3) is 11.0. The molecule has 1 N–H and O–H groups in total. The summed E-state index contributed by atoms with van der Waals surface area (Å²) in [4.78, 5) is 0. The fraction of sp³-hybridized carbons (Fsp3) is 1.00. The lowest BCUT2D eigenvalue weighted by molar-refractivity contribution is -0.0143. The van der Waals surface area contributed by atoms with Crippen LogP contribution < -0.4 is 5.32 Å². The summed E-state index contributed by atoms with van der Waals surface area (Å²) in [6.45, 7) is 17.5. The summed E-state index contributed by atoms with van der Waals surface area (Å²) in [6, 6.07) is 0. The molecule has 0 aromatic rings. The summed E-state index contributed by atoms with van der Waals surface area (Å²) in [5.74, 6) is 0.706. The van der Waals surface area contributed by atoms with Gasteiger partial charge in [-0.15, -0.1) is 0 Å². The maximum Gasteiger partial charge on any atom is 0.0595 e. The minimum absolute atomic E-state index is 0.224. The first-order valence-corrected chi connectivity index (χ1v) is 7.24. The number of nitrogens with one attached hydrogen (secondary N) is 1. The van der Waals surface area contributed by atoms with Gasteiger partial charge in [-0.3, -0.25) is 0 Å². The number of hydrogen-bond donors (Lipinski definition) is 1. The van der Waals surface area contributed by atoms with E-state index in [-0.39, 0.29) is 5.41 Å². The van der Waals surface area contributed by atoms with E-state index in [0.717, 1.165) is 39.3 Å². The third-order valence-electron chi connectivity index (χ3n) is 3.00. The van der Waals surface area contributed by atoms with E-state index >= 15 is 0 Å². The summed E-state index contributed by atoms with van der Waals surface area (Å²) in [5.41, 5.74) is 0.224. The lowest BCUT2D eigenvalue weighted by Gasteiger charge is -2.27.